The Kier molecular flexibility index (Phi) is 3.67. The fourth-order valence-electron chi connectivity index (χ4n) is 3.28. The first-order chi connectivity index (χ1) is 9.16. The van der Waals surface area contributed by atoms with Gasteiger partial charge in [-0.05, 0) is 54.2 Å². The fraction of sp³-hybridized carbons (Fsp3) is 0.643. The summed E-state index contributed by atoms with van der Waals surface area (Å²) in [5, 5.41) is 3.62. The monoisotopic (exact) mass is 324 g/mol. The molecule has 0 aromatic carbocycles. The molecule has 2 atom stereocenters. The van der Waals surface area contributed by atoms with Gasteiger partial charge in [0.05, 0.1) is 16.4 Å². The minimum atomic E-state index is 0.520. The Balaban J connectivity index is 1.77. The Labute approximate surface area is 122 Å². The van der Waals surface area contributed by atoms with Gasteiger partial charge < -0.3 is 11.1 Å². The summed E-state index contributed by atoms with van der Waals surface area (Å²) in [6, 6.07) is 1.20. The molecule has 2 saturated heterocycles. The van der Waals surface area contributed by atoms with Crippen molar-refractivity contribution in [1.82, 2.24) is 9.88 Å². The zero-order valence-electron chi connectivity index (χ0n) is 11.3. The maximum absolute atomic E-state index is 5.88. The highest BCUT2D eigenvalue weighted by molar-refractivity contribution is 9.10. The van der Waals surface area contributed by atoms with E-state index in [1.54, 1.807) is 6.20 Å². The van der Waals surface area contributed by atoms with Gasteiger partial charge in [-0.2, -0.15) is 0 Å². The molecule has 104 valence electrons. The second-order valence-corrected chi connectivity index (χ2v) is 6.43. The van der Waals surface area contributed by atoms with E-state index in [0.717, 1.165) is 21.5 Å². The zero-order chi connectivity index (χ0) is 13.4. The van der Waals surface area contributed by atoms with Crippen LogP contribution >= 0.6 is 15.9 Å². The van der Waals surface area contributed by atoms with Crippen molar-refractivity contribution in [3.05, 3.63) is 16.2 Å². The Morgan fingerprint density at radius 1 is 1.37 bits per heavy atom. The molecule has 5 heteroatoms. The topological polar surface area (TPSA) is 54.2 Å². The van der Waals surface area contributed by atoms with Crippen molar-refractivity contribution in [2.75, 3.05) is 24.1 Å². The third kappa shape index (κ3) is 2.46. The molecule has 19 heavy (non-hydrogen) atoms. The van der Waals surface area contributed by atoms with Crippen LogP contribution in [0.4, 0.5) is 11.5 Å². The first-order valence-electron chi connectivity index (χ1n) is 7.08. The van der Waals surface area contributed by atoms with Gasteiger partial charge in [-0.3, -0.25) is 4.90 Å². The van der Waals surface area contributed by atoms with E-state index < -0.39 is 0 Å². The van der Waals surface area contributed by atoms with Crippen molar-refractivity contribution in [1.29, 1.82) is 0 Å². The number of hydrogen-bond donors (Lipinski definition) is 2. The molecule has 0 radical (unpaired) electrons. The maximum Gasteiger partial charge on any atom is 0.140 e. The van der Waals surface area contributed by atoms with Crippen LogP contribution in [-0.2, 0) is 0 Å². The van der Waals surface area contributed by atoms with Gasteiger partial charge in [0, 0.05) is 18.6 Å². The fourth-order valence-corrected chi connectivity index (χ4v) is 3.73. The molecule has 0 aliphatic carbocycles. The molecule has 0 saturated carbocycles. The second kappa shape index (κ2) is 5.29. The number of nitrogens with two attached hydrogens (primary N) is 1. The average Bonchev–Trinajstić information content (AvgIpc) is 2.83. The van der Waals surface area contributed by atoms with Crippen LogP contribution in [0.25, 0.3) is 0 Å². The lowest BCUT2D eigenvalue weighted by atomic mass is 9.99. The molecule has 3 N–H and O–H groups in total. The summed E-state index contributed by atoms with van der Waals surface area (Å²) >= 11 is 3.61. The SMILES string of the molecule is Cc1c(N)cnc(NC2CCN3CCCCC23)c1Br. The largest absolute Gasteiger partial charge is 0.397 e. The molecule has 2 aliphatic rings. The Bertz CT molecular complexity index is 477. The number of nitrogen functional groups attached to an aromatic ring is 1. The minimum absolute atomic E-state index is 0.520. The molecular weight excluding hydrogens is 304 g/mol. The summed E-state index contributed by atoms with van der Waals surface area (Å²) in [4.78, 5) is 7.06. The molecule has 4 nitrogen and oxygen atoms in total. The summed E-state index contributed by atoms with van der Waals surface area (Å²) in [6.07, 6.45) is 6.97. The normalized spacial score (nSPS) is 27.3. The lowest BCUT2D eigenvalue weighted by Crippen LogP contribution is -2.41. The van der Waals surface area contributed by atoms with E-state index in [4.69, 9.17) is 5.73 Å². The van der Waals surface area contributed by atoms with E-state index >= 15 is 0 Å². The molecular formula is C14H21BrN4. The van der Waals surface area contributed by atoms with Gasteiger partial charge in [0.2, 0.25) is 0 Å². The number of nitrogens with one attached hydrogen (secondary N) is 1. The first-order valence-corrected chi connectivity index (χ1v) is 7.87. The van der Waals surface area contributed by atoms with Crippen LogP contribution in [0.15, 0.2) is 10.7 Å². The number of anilines is 2. The molecule has 0 amide bonds. The van der Waals surface area contributed by atoms with Gasteiger partial charge >= 0.3 is 0 Å². The molecule has 0 spiro atoms. The standard InChI is InChI=1S/C14H21BrN4/c1-9-10(16)8-17-14(13(9)15)18-11-5-7-19-6-3-2-4-12(11)19/h8,11-12H,2-7,16H2,1H3,(H,17,18). The van der Waals surface area contributed by atoms with E-state index in [1.165, 1.54) is 38.8 Å². The molecule has 2 fully saturated rings. The van der Waals surface area contributed by atoms with Crippen LogP contribution in [0.1, 0.15) is 31.2 Å². The number of fused-ring (bicyclic) bond motifs is 1. The third-order valence-electron chi connectivity index (χ3n) is 4.48. The van der Waals surface area contributed by atoms with Crippen LogP contribution in [0.5, 0.6) is 0 Å². The van der Waals surface area contributed by atoms with Crippen molar-refractivity contribution in [2.45, 2.75) is 44.7 Å². The Morgan fingerprint density at radius 3 is 3.05 bits per heavy atom. The van der Waals surface area contributed by atoms with Gasteiger partial charge in [-0.15, -0.1) is 0 Å². The van der Waals surface area contributed by atoms with E-state index in [2.05, 4.69) is 31.1 Å². The van der Waals surface area contributed by atoms with Gasteiger partial charge in [0.15, 0.2) is 0 Å². The Morgan fingerprint density at radius 2 is 2.21 bits per heavy atom. The van der Waals surface area contributed by atoms with Crippen molar-refractivity contribution in [3.63, 3.8) is 0 Å². The lowest BCUT2D eigenvalue weighted by molar-refractivity contribution is 0.192. The molecule has 1 aromatic heterocycles. The summed E-state index contributed by atoms with van der Waals surface area (Å²) in [7, 11) is 0. The quantitative estimate of drug-likeness (QED) is 0.878. The van der Waals surface area contributed by atoms with Crippen LogP contribution in [0, 0.1) is 6.92 Å². The van der Waals surface area contributed by atoms with Crippen LogP contribution in [0.2, 0.25) is 0 Å². The van der Waals surface area contributed by atoms with Crippen LogP contribution in [0.3, 0.4) is 0 Å². The van der Waals surface area contributed by atoms with Crippen molar-refractivity contribution >= 4 is 27.4 Å². The van der Waals surface area contributed by atoms with Gasteiger partial charge in [0.25, 0.3) is 0 Å². The van der Waals surface area contributed by atoms with Crippen molar-refractivity contribution < 1.29 is 0 Å². The minimum Gasteiger partial charge on any atom is -0.397 e. The van der Waals surface area contributed by atoms with E-state index in [9.17, 15) is 0 Å². The van der Waals surface area contributed by atoms with Gasteiger partial charge in [-0.1, -0.05) is 6.42 Å². The lowest BCUT2D eigenvalue weighted by Gasteiger charge is -2.33. The number of rotatable bonds is 2. The van der Waals surface area contributed by atoms with E-state index in [0.29, 0.717) is 12.1 Å². The van der Waals surface area contributed by atoms with Crippen LogP contribution < -0.4 is 11.1 Å². The zero-order valence-corrected chi connectivity index (χ0v) is 12.9. The summed E-state index contributed by atoms with van der Waals surface area (Å²) in [5.74, 6) is 0.934. The molecule has 2 unspecified atom stereocenters. The molecule has 0 bridgehead atoms. The molecule has 3 rings (SSSR count). The highest BCUT2D eigenvalue weighted by atomic mass is 79.9. The van der Waals surface area contributed by atoms with Crippen molar-refractivity contribution in [2.24, 2.45) is 0 Å². The summed E-state index contributed by atoms with van der Waals surface area (Å²) in [5.41, 5.74) is 7.68. The number of aromatic nitrogens is 1. The second-order valence-electron chi connectivity index (χ2n) is 5.64. The van der Waals surface area contributed by atoms with Crippen molar-refractivity contribution in [3.8, 4) is 0 Å². The molecule has 2 aliphatic heterocycles. The third-order valence-corrected chi connectivity index (χ3v) is 5.45. The molecule has 3 heterocycles. The number of pyridine rings is 1. The highest BCUT2D eigenvalue weighted by Gasteiger charge is 2.35. The highest BCUT2D eigenvalue weighted by Crippen LogP contribution is 2.32. The predicted octanol–water partition coefficient (Wildman–Crippen LogP) is 2.77. The summed E-state index contributed by atoms with van der Waals surface area (Å²) in [6.45, 7) is 4.50. The number of piperidine rings is 1. The summed E-state index contributed by atoms with van der Waals surface area (Å²) < 4.78 is 1.00. The maximum atomic E-state index is 5.88. The average molecular weight is 325 g/mol. The molecule has 1 aromatic rings. The van der Waals surface area contributed by atoms with Crippen LogP contribution in [-0.4, -0.2) is 35.1 Å². The van der Waals surface area contributed by atoms with E-state index in [-0.39, 0.29) is 0 Å². The number of nitrogens with zero attached hydrogens (tertiary/aromatic N) is 2. The number of halogens is 1. The Hall–Kier alpha value is -0.810. The first kappa shape index (κ1) is 13.2. The number of hydrogen-bond acceptors (Lipinski definition) is 4. The smallest absolute Gasteiger partial charge is 0.140 e. The predicted molar refractivity (Wildman–Crippen MR) is 82.3 cm³/mol. The van der Waals surface area contributed by atoms with E-state index in [1.807, 2.05) is 6.92 Å². The van der Waals surface area contributed by atoms with Gasteiger partial charge in [-0.25, -0.2) is 4.98 Å². The van der Waals surface area contributed by atoms with Gasteiger partial charge in [0.1, 0.15) is 5.82 Å².